The third-order valence-electron chi connectivity index (χ3n) is 2.77. The van der Waals surface area contributed by atoms with Gasteiger partial charge in [-0.2, -0.15) is 0 Å². The van der Waals surface area contributed by atoms with Gasteiger partial charge in [0.1, 0.15) is 6.54 Å². The molecule has 1 rings (SSSR count). The van der Waals surface area contributed by atoms with Crippen LogP contribution in [0.1, 0.15) is 6.92 Å². The molecule has 1 amide bonds. The molecule has 15 heavy (non-hydrogen) atoms. The molecule has 0 spiro atoms. The minimum Gasteiger partial charge on any atom is -0.384 e. The number of amides is 1. The molecule has 0 aromatic carbocycles. The fraction of sp³-hybridized carbons (Fsp3) is 0.889. The van der Waals surface area contributed by atoms with Gasteiger partial charge in [-0.3, -0.25) is 4.79 Å². The molecule has 1 saturated heterocycles. The molecule has 0 aliphatic carbocycles. The average Bonchev–Trinajstić information content (AvgIpc) is 2.58. The fourth-order valence-electron chi connectivity index (χ4n) is 1.86. The molecule has 84 valence electrons. The number of nitrogens with zero attached hydrogens (tertiary/aromatic N) is 4. The van der Waals surface area contributed by atoms with Crippen molar-refractivity contribution in [2.45, 2.75) is 6.92 Å². The third kappa shape index (κ3) is 3.11. The first kappa shape index (κ1) is 11.8. The first-order chi connectivity index (χ1) is 7.19. The molecule has 0 aromatic heterocycles. The summed E-state index contributed by atoms with van der Waals surface area (Å²) in [7, 11) is 1.66. The molecule has 0 aromatic rings. The number of azide groups is 1. The third-order valence-corrected chi connectivity index (χ3v) is 2.77. The zero-order valence-corrected chi connectivity index (χ0v) is 9.09. The molecule has 1 aliphatic rings. The van der Waals surface area contributed by atoms with Crippen molar-refractivity contribution in [2.24, 2.45) is 17.0 Å². The molecular formula is C9H16N4O2. The highest BCUT2D eigenvalue weighted by molar-refractivity contribution is 5.78. The largest absolute Gasteiger partial charge is 0.384 e. The molecule has 6 nitrogen and oxygen atoms in total. The van der Waals surface area contributed by atoms with Gasteiger partial charge in [0.05, 0.1) is 6.61 Å². The molecule has 1 fully saturated rings. The van der Waals surface area contributed by atoms with Gasteiger partial charge in [-0.25, -0.2) is 0 Å². The summed E-state index contributed by atoms with van der Waals surface area (Å²) in [4.78, 5) is 15.8. The smallest absolute Gasteiger partial charge is 0.228 e. The first-order valence-corrected chi connectivity index (χ1v) is 4.96. The van der Waals surface area contributed by atoms with Crippen LogP contribution in [0.25, 0.3) is 10.4 Å². The lowest BCUT2D eigenvalue weighted by atomic mass is 10.00. The summed E-state index contributed by atoms with van der Waals surface area (Å²) < 4.78 is 5.09. The van der Waals surface area contributed by atoms with Crippen molar-refractivity contribution in [3.8, 4) is 0 Å². The van der Waals surface area contributed by atoms with Crippen LogP contribution < -0.4 is 0 Å². The Kier molecular flexibility index (Phi) is 4.39. The van der Waals surface area contributed by atoms with Crippen LogP contribution in [0.4, 0.5) is 0 Å². The van der Waals surface area contributed by atoms with E-state index in [1.807, 2.05) is 0 Å². The predicted molar refractivity (Wildman–Crippen MR) is 55.1 cm³/mol. The van der Waals surface area contributed by atoms with Gasteiger partial charge in [0.15, 0.2) is 0 Å². The van der Waals surface area contributed by atoms with Crippen LogP contribution in [0.15, 0.2) is 5.11 Å². The number of methoxy groups -OCH3 is 1. The molecular weight excluding hydrogens is 196 g/mol. The van der Waals surface area contributed by atoms with E-state index in [1.165, 1.54) is 0 Å². The normalized spacial score (nSPS) is 25.1. The number of hydrogen-bond acceptors (Lipinski definition) is 3. The van der Waals surface area contributed by atoms with Crippen LogP contribution in [0.5, 0.6) is 0 Å². The van der Waals surface area contributed by atoms with Gasteiger partial charge in [-0.1, -0.05) is 12.0 Å². The highest BCUT2D eigenvalue weighted by Gasteiger charge is 2.31. The highest BCUT2D eigenvalue weighted by Crippen LogP contribution is 2.22. The second kappa shape index (κ2) is 5.58. The Morgan fingerprint density at radius 2 is 2.40 bits per heavy atom. The lowest BCUT2D eigenvalue weighted by Gasteiger charge is -2.14. The van der Waals surface area contributed by atoms with Crippen molar-refractivity contribution in [1.82, 2.24) is 4.90 Å². The standard InChI is InChI=1S/C9H16N4O2/c1-7-4-13(5-8(7)6-15-2)9(14)3-11-12-10/h7-8H,3-6H2,1-2H3/t7-,8+/m1/s1. The van der Waals surface area contributed by atoms with Crippen LogP contribution in [0.2, 0.25) is 0 Å². The summed E-state index contributed by atoms with van der Waals surface area (Å²) in [6.45, 7) is 4.13. The monoisotopic (exact) mass is 212 g/mol. The minimum absolute atomic E-state index is 0.0804. The maximum absolute atomic E-state index is 11.5. The Morgan fingerprint density at radius 3 is 3.00 bits per heavy atom. The van der Waals surface area contributed by atoms with E-state index in [0.29, 0.717) is 25.0 Å². The lowest BCUT2D eigenvalue weighted by Crippen LogP contribution is -2.31. The summed E-state index contributed by atoms with van der Waals surface area (Å²) in [5.41, 5.74) is 8.11. The number of carbonyl (C=O) groups is 1. The molecule has 0 radical (unpaired) electrons. The molecule has 0 saturated carbocycles. The fourth-order valence-corrected chi connectivity index (χ4v) is 1.86. The maximum atomic E-state index is 11.5. The van der Waals surface area contributed by atoms with Gasteiger partial charge >= 0.3 is 0 Å². The van der Waals surface area contributed by atoms with Crippen molar-refractivity contribution in [3.05, 3.63) is 10.4 Å². The zero-order valence-electron chi connectivity index (χ0n) is 9.09. The number of rotatable bonds is 4. The molecule has 6 heteroatoms. The van der Waals surface area contributed by atoms with E-state index in [0.717, 1.165) is 6.54 Å². The lowest BCUT2D eigenvalue weighted by molar-refractivity contribution is -0.128. The van der Waals surface area contributed by atoms with E-state index in [-0.39, 0.29) is 12.5 Å². The van der Waals surface area contributed by atoms with Gasteiger partial charge in [0.25, 0.3) is 0 Å². The van der Waals surface area contributed by atoms with Crippen LogP contribution in [0.3, 0.4) is 0 Å². The van der Waals surface area contributed by atoms with Crippen molar-refractivity contribution in [1.29, 1.82) is 0 Å². The molecule has 0 N–H and O–H groups in total. The summed E-state index contributed by atoms with van der Waals surface area (Å²) >= 11 is 0. The van der Waals surface area contributed by atoms with Gasteiger partial charge < -0.3 is 9.64 Å². The number of carbonyl (C=O) groups excluding carboxylic acids is 1. The van der Waals surface area contributed by atoms with E-state index in [9.17, 15) is 4.79 Å². The Hall–Kier alpha value is -1.26. The Morgan fingerprint density at radius 1 is 1.67 bits per heavy atom. The summed E-state index contributed by atoms with van der Waals surface area (Å²) in [6, 6.07) is 0. The van der Waals surface area contributed by atoms with Crippen molar-refractivity contribution in [2.75, 3.05) is 33.4 Å². The summed E-state index contributed by atoms with van der Waals surface area (Å²) in [5.74, 6) is 0.739. The number of ether oxygens (including phenoxy) is 1. The Balaban J connectivity index is 2.46. The van der Waals surface area contributed by atoms with E-state index < -0.39 is 0 Å². The van der Waals surface area contributed by atoms with E-state index in [1.54, 1.807) is 12.0 Å². The zero-order chi connectivity index (χ0) is 11.3. The van der Waals surface area contributed by atoms with Crippen LogP contribution in [-0.4, -0.2) is 44.2 Å². The number of hydrogen-bond donors (Lipinski definition) is 0. The van der Waals surface area contributed by atoms with Crippen molar-refractivity contribution >= 4 is 5.91 Å². The van der Waals surface area contributed by atoms with Crippen LogP contribution in [-0.2, 0) is 9.53 Å². The summed E-state index contributed by atoms with van der Waals surface area (Å²) in [5, 5.41) is 3.27. The molecule has 2 atom stereocenters. The molecule has 0 bridgehead atoms. The van der Waals surface area contributed by atoms with E-state index in [4.69, 9.17) is 10.3 Å². The van der Waals surface area contributed by atoms with Gasteiger partial charge in [0.2, 0.25) is 5.91 Å². The highest BCUT2D eigenvalue weighted by atomic mass is 16.5. The SMILES string of the molecule is COC[C@@H]1CN(C(=O)CN=[N+]=[N-])C[C@H]1C. The minimum atomic E-state index is -0.0988. The van der Waals surface area contributed by atoms with Gasteiger partial charge in [-0.15, -0.1) is 0 Å². The molecule has 1 aliphatic heterocycles. The topological polar surface area (TPSA) is 78.3 Å². The van der Waals surface area contributed by atoms with Crippen molar-refractivity contribution in [3.63, 3.8) is 0 Å². The number of likely N-dealkylation sites (tertiary alicyclic amines) is 1. The first-order valence-electron chi connectivity index (χ1n) is 4.96. The van der Waals surface area contributed by atoms with Gasteiger partial charge in [-0.05, 0) is 11.4 Å². The van der Waals surface area contributed by atoms with Crippen LogP contribution in [0, 0.1) is 11.8 Å². The van der Waals surface area contributed by atoms with Gasteiger partial charge in [0, 0.05) is 31.0 Å². The molecule has 1 heterocycles. The second-order valence-corrected chi connectivity index (χ2v) is 3.88. The summed E-state index contributed by atoms with van der Waals surface area (Å²) in [6.07, 6.45) is 0. The Labute approximate surface area is 88.8 Å². The average molecular weight is 212 g/mol. The van der Waals surface area contributed by atoms with Crippen molar-refractivity contribution < 1.29 is 9.53 Å². The van der Waals surface area contributed by atoms with E-state index >= 15 is 0 Å². The predicted octanol–water partition coefficient (Wildman–Crippen LogP) is 1.04. The second-order valence-electron chi connectivity index (χ2n) is 3.88. The van der Waals surface area contributed by atoms with E-state index in [2.05, 4.69) is 16.9 Å². The Bertz CT molecular complexity index is 275. The van der Waals surface area contributed by atoms with Crippen LogP contribution >= 0.6 is 0 Å². The maximum Gasteiger partial charge on any atom is 0.228 e. The molecule has 0 unspecified atom stereocenters. The quantitative estimate of drug-likeness (QED) is 0.396.